The molecule has 2 aliphatic heterocycles. The Kier molecular flexibility index (Phi) is 4.53. The fourth-order valence-corrected chi connectivity index (χ4v) is 3.83. The maximum atomic E-state index is 12.6. The van der Waals surface area contributed by atoms with Crippen molar-refractivity contribution < 1.29 is 9.53 Å². The van der Waals surface area contributed by atoms with Gasteiger partial charge in [-0.2, -0.15) is 0 Å². The molecule has 2 fully saturated rings. The van der Waals surface area contributed by atoms with Crippen LogP contribution in [0.15, 0.2) is 35.4 Å². The summed E-state index contributed by atoms with van der Waals surface area (Å²) in [4.78, 5) is 31.3. The lowest BCUT2D eigenvalue weighted by Gasteiger charge is -2.33. The van der Waals surface area contributed by atoms with Crippen molar-refractivity contribution in [1.29, 1.82) is 0 Å². The van der Waals surface area contributed by atoms with Crippen LogP contribution < -0.4 is 5.56 Å². The topological polar surface area (TPSA) is 64.4 Å². The zero-order valence-electron chi connectivity index (χ0n) is 14.3. The summed E-state index contributed by atoms with van der Waals surface area (Å²) in [5, 5.41) is 0.663. The Morgan fingerprint density at radius 3 is 2.76 bits per heavy atom. The fourth-order valence-electron chi connectivity index (χ4n) is 3.83. The number of para-hydroxylation sites is 1. The molecule has 6 heteroatoms. The van der Waals surface area contributed by atoms with Gasteiger partial charge in [0.05, 0.1) is 17.2 Å². The van der Waals surface area contributed by atoms with Gasteiger partial charge >= 0.3 is 0 Å². The molecule has 1 aromatic heterocycles. The van der Waals surface area contributed by atoms with E-state index >= 15 is 0 Å². The second-order valence-corrected chi connectivity index (χ2v) is 6.99. The minimum Gasteiger partial charge on any atom is -0.368 e. The van der Waals surface area contributed by atoms with Crippen molar-refractivity contribution in [2.45, 2.75) is 38.3 Å². The molecule has 2 aromatic rings. The number of hydrogen-bond acceptors (Lipinski definition) is 4. The van der Waals surface area contributed by atoms with Gasteiger partial charge in [-0.1, -0.05) is 12.1 Å². The standard InChI is InChI=1S/C19H23N3O3/c23-18-15-4-1-2-5-16(15)20-13-22(18)12-14-7-9-21(10-8-14)19(24)17-6-3-11-25-17/h1-2,4-5,13-14,17H,3,6-12H2. The van der Waals surface area contributed by atoms with Gasteiger partial charge in [-0.3, -0.25) is 14.2 Å². The lowest BCUT2D eigenvalue weighted by atomic mass is 9.96. The third-order valence-electron chi connectivity index (χ3n) is 5.32. The molecule has 0 N–H and O–H groups in total. The van der Waals surface area contributed by atoms with Crippen LogP contribution in [0.1, 0.15) is 25.7 Å². The van der Waals surface area contributed by atoms with Crippen molar-refractivity contribution >= 4 is 16.8 Å². The van der Waals surface area contributed by atoms with Crippen molar-refractivity contribution in [2.75, 3.05) is 19.7 Å². The Hall–Kier alpha value is -2.21. The van der Waals surface area contributed by atoms with Gasteiger partial charge in [0, 0.05) is 26.2 Å². The van der Waals surface area contributed by atoms with E-state index in [-0.39, 0.29) is 17.6 Å². The Bertz CT molecular complexity index is 818. The number of rotatable bonds is 3. The summed E-state index contributed by atoms with van der Waals surface area (Å²) in [6, 6.07) is 7.44. The quantitative estimate of drug-likeness (QED) is 0.854. The van der Waals surface area contributed by atoms with Crippen molar-refractivity contribution in [1.82, 2.24) is 14.5 Å². The van der Waals surface area contributed by atoms with E-state index in [2.05, 4.69) is 4.98 Å². The SMILES string of the molecule is O=C(C1CCCO1)N1CCC(Cn2cnc3ccccc3c2=O)CC1. The molecule has 1 unspecified atom stereocenters. The van der Waals surface area contributed by atoms with Gasteiger partial charge in [0.15, 0.2) is 0 Å². The second kappa shape index (κ2) is 6.96. The van der Waals surface area contributed by atoms with E-state index in [4.69, 9.17) is 4.74 Å². The molecular weight excluding hydrogens is 318 g/mol. The summed E-state index contributed by atoms with van der Waals surface area (Å²) >= 11 is 0. The number of aromatic nitrogens is 2. The maximum absolute atomic E-state index is 12.6. The van der Waals surface area contributed by atoms with Crippen LogP contribution in [0.2, 0.25) is 0 Å². The number of benzene rings is 1. The third-order valence-corrected chi connectivity index (χ3v) is 5.32. The van der Waals surface area contributed by atoms with Crippen LogP contribution in [0.4, 0.5) is 0 Å². The molecule has 1 amide bonds. The van der Waals surface area contributed by atoms with Crippen molar-refractivity contribution in [3.05, 3.63) is 40.9 Å². The van der Waals surface area contributed by atoms with Gasteiger partial charge in [0.2, 0.25) is 0 Å². The van der Waals surface area contributed by atoms with Crippen molar-refractivity contribution in [2.24, 2.45) is 5.92 Å². The Morgan fingerprint density at radius 2 is 2.00 bits per heavy atom. The first-order valence-corrected chi connectivity index (χ1v) is 9.07. The second-order valence-electron chi connectivity index (χ2n) is 6.99. The number of amides is 1. The van der Waals surface area contributed by atoms with Gasteiger partial charge in [-0.05, 0) is 43.7 Å². The molecule has 6 nitrogen and oxygen atoms in total. The molecular formula is C19H23N3O3. The van der Waals surface area contributed by atoms with E-state index in [0.29, 0.717) is 24.5 Å². The zero-order chi connectivity index (χ0) is 17.2. The predicted octanol–water partition coefficient (Wildman–Crippen LogP) is 1.81. The molecule has 0 radical (unpaired) electrons. The third kappa shape index (κ3) is 3.31. The van der Waals surface area contributed by atoms with Gasteiger partial charge in [0.1, 0.15) is 6.10 Å². The lowest BCUT2D eigenvalue weighted by molar-refractivity contribution is -0.142. The summed E-state index contributed by atoms with van der Waals surface area (Å²) in [6.07, 6.45) is 5.06. The van der Waals surface area contributed by atoms with Gasteiger partial charge < -0.3 is 9.64 Å². The summed E-state index contributed by atoms with van der Waals surface area (Å²) in [7, 11) is 0. The summed E-state index contributed by atoms with van der Waals surface area (Å²) in [6.45, 7) is 2.86. The monoisotopic (exact) mass is 341 g/mol. The Morgan fingerprint density at radius 1 is 1.20 bits per heavy atom. The largest absolute Gasteiger partial charge is 0.368 e. The highest BCUT2D eigenvalue weighted by Gasteiger charge is 2.31. The first kappa shape index (κ1) is 16.3. The number of ether oxygens (including phenoxy) is 1. The van der Waals surface area contributed by atoms with E-state index in [0.717, 1.165) is 44.3 Å². The first-order valence-electron chi connectivity index (χ1n) is 9.07. The van der Waals surface area contributed by atoms with E-state index in [1.165, 1.54) is 0 Å². The Labute approximate surface area is 146 Å². The van der Waals surface area contributed by atoms with Crippen LogP contribution in [0, 0.1) is 5.92 Å². The van der Waals surface area contributed by atoms with Crippen LogP contribution in [0.5, 0.6) is 0 Å². The molecule has 1 atom stereocenters. The number of fused-ring (bicyclic) bond motifs is 1. The van der Waals surface area contributed by atoms with E-state index in [1.807, 2.05) is 29.2 Å². The first-order chi connectivity index (χ1) is 12.2. The average molecular weight is 341 g/mol. The van der Waals surface area contributed by atoms with Gasteiger partial charge in [-0.15, -0.1) is 0 Å². The molecule has 0 aliphatic carbocycles. The summed E-state index contributed by atoms with van der Waals surface area (Å²) in [5.41, 5.74) is 0.754. The number of likely N-dealkylation sites (tertiary alicyclic amines) is 1. The molecule has 0 spiro atoms. The van der Waals surface area contributed by atoms with Gasteiger partial charge in [0.25, 0.3) is 11.5 Å². The van der Waals surface area contributed by atoms with Crippen molar-refractivity contribution in [3.63, 3.8) is 0 Å². The highest BCUT2D eigenvalue weighted by molar-refractivity contribution is 5.81. The lowest BCUT2D eigenvalue weighted by Crippen LogP contribution is -2.44. The number of hydrogen-bond donors (Lipinski definition) is 0. The van der Waals surface area contributed by atoms with E-state index < -0.39 is 0 Å². The summed E-state index contributed by atoms with van der Waals surface area (Å²) in [5.74, 6) is 0.537. The van der Waals surface area contributed by atoms with Crippen LogP contribution in [-0.4, -0.2) is 46.2 Å². The molecule has 4 rings (SSSR count). The number of piperidine rings is 1. The molecule has 0 bridgehead atoms. The van der Waals surface area contributed by atoms with Gasteiger partial charge in [-0.25, -0.2) is 4.98 Å². The average Bonchev–Trinajstić information content (AvgIpc) is 3.19. The zero-order valence-corrected chi connectivity index (χ0v) is 14.3. The molecule has 132 valence electrons. The minimum absolute atomic E-state index is 0.0171. The molecule has 25 heavy (non-hydrogen) atoms. The Balaban J connectivity index is 1.39. The molecule has 2 saturated heterocycles. The number of carbonyl (C=O) groups is 1. The maximum Gasteiger partial charge on any atom is 0.261 e. The van der Waals surface area contributed by atoms with Crippen molar-refractivity contribution in [3.8, 4) is 0 Å². The smallest absolute Gasteiger partial charge is 0.261 e. The minimum atomic E-state index is -0.233. The van der Waals surface area contributed by atoms with Crippen LogP contribution in [0.25, 0.3) is 10.9 Å². The number of nitrogens with zero attached hydrogens (tertiary/aromatic N) is 3. The van der Waals surface area contributed by atoms with E-state index in [9.17, 15) is 9.59 Å². The summed E-state index contributed by atoms with van der Waals surface area (Å²) < 4.78 is 7.22. The molecule has 1 aromatic carbocycles. The van der Waals surface area contributed by atoms with E-state index in [1.54, 1.807) is 10.9 Å². The highest BCUT2D eigenvalue weighted by Crippen LogP contribution is 2.22. The highest BCUT2D eigenvalue weighted by atomic mass is 16.5. The normalized spacial score (nSPS) is 21.8. The van der Waals surface area contributed by atoms with Crippen LogP contribution in [-0.2, 0) is 16.1 Å². The predicted molar refractivity (Wildman–Crippen MR) is 94.3 cm³/mol. The molecule has 2 aliphatic rings. The fraction of sp³-hybridized carbons (Fsp3) is 0.526. The molecule has 3 heterocycles. The van der Waals surface area contributed by atoms with Crippen LogP contribution in [0.3, 0.4) is 0 Å². The molecule has 0 saturated carbocycles. The van der Waals surface area contributed by atoms with Crippen LogP contribution >= 0.6 is 0 Å². The number of carbonyl (C=O) groups excluding carboxylic acids is 1.